The number of hydrogen-bond acceptors (Lipinski definition) is 3. The summed E-state index contributed by atoms with van der Waals surface area (Å²) in [6.45, 7) is -0.0238. The van der Waals surface area contributed by atoms with Gasteiger partial charge in [-0.25, -0.2) is 0 Å². The van der Waals surface area contributed by atoms with Gasteiger partial charge >= 0.3 is 0 Å². The third kappa shape index (κ3) is 1.85. The van der Waals surface area contributed by atoms with E-state index in [4.69, 9.17) is 4.74 Å². The van der Waals surface area contributed by atoms with Gasteiger partial charge < -0.3 is 4.74 Å². The standard InChI is InChI=1S/C7H6NO2/c9-5-6-10-7-1-3-8-4-2-7/h1-4H,6H2. The van der Waals surface area contributed by atoms with E-state index in [-0.39, 0.29) is 6.61 Å². The van der Waals surface area contributed by atoms with E-state index in [0.717, 1.165) is 0 Å². The minimum absolute atomic E-state index is 0.0238. The van der Waals surface area contributed by atoms with Crippen LogP contribution in [0.25, 0.3) is 0 Å². The quantitative estimate of drug-likeness (QED) is 0.609. The molecule has 3 heteroatoms. The van der Waals surface area contributed by atoms with Gasteiger partial charge in [0.05, 0.1) is 0 Å². The second-order valence-electron chi connectivity index (χ2n) is 1.62. The summed E-state index contributed by atoms with van der Waals surface area (Å²) in [6, 6.07) is 3.36. The van der Waals surface area contributed by atoms with Crippen LogP contribution in [0.1, 0.15) is 0 Å². The maximum absolute atomic E-state index is 9.71. The zero-order valence-electron chi connectivity index (χ0n) is 5.28. The van der Waals surface area contributed by atoms with Gasteiger partial charge in [0.2, 0.25) is 6.29 Å². The van der Waals surface area contributed by atoms with Crippen molar-refractivity contribution in [3.05, 3.63) is 24.5 Å². The Hall–Kier alpha value is -1.38. The van der Waals surface area contributed by atoms with Crippen molar-refractivity contribution < 1.29 is 9.53 Å². The first-order valence-electron chi connectivity index (χ1n) is 2.81. The Balaban J connectivity index is 2.50. The molecule has 1 rings (SSSR count). The molecular formula is C7H6NO2. The third-order valence-corrected chi connectivity index (χ3v) is 0.947. The van der Waals surface area contributed by atoms with Gasteiger partial charge in [0.1, 0.15) is 5.75 Å². The molecule has 0 spiro atoms. The summed E-state index contributed by atoms with van der Waals surface area (Å²) in [5.74, 6) is 0.637. The highest BCUT2D eigenvalue weighted by Gasteiger charge is 1.87. The van der Waals surface area contributed by atoms with Crippen molar-refractivity contribution in [2.45, 2.75) is 0 Å². The second kappa shape index (κ2) is 3.61. The molecular weight excluding hydrogens is 130 g/mol. The van der Waals surface area contributed by atoms with Gasteiger partial charge in [-0.3, -0.25) is 9.78 Å². The number of carbonyl (C=O) groups excluding carboxylic acids is 1. The molecule has 0 aliphatic rings. The topological polar surface area (TPSA) is 39.2 Å². The number of aromatic nitrogens is 1. The van der Waals surface area contributed by atoms with Crippen molar-refractivity contribution in [3.63, 3.8) is 0 Å². The highest BCUT2D eigenvalue weighted by Crippen LogP contribution is 2.04. The molecule has 1 radical (unpaired) electrons. The Labute approximate surface area is 58.7 Å². The smallest absolute Gasteiger partial charge is 0.239 e. The van der Waals surface area contributed by atoms with E-state index >= 15 is 0 Å². The number of rotatable bonds is 3. The highest BCUT2D eigenvalue weighted by molar-refractivity contribution is 5.52. The fourth-order valence-corrected chi connectivity index (χ4v) is 0.547. The van der Waals surface area contributed by atoms with Gasteiger partial charge in [-0.15, -0.1) is 0 Å². The fraction of sp³-hybridized carbons (Fsp3) is 0.143. The minimum Gasteiger partial charge on any atom is -0.485 e. The van der Waals surface area contributed by atoms with Crippen molar-refractivity contribution in [2.75, 3.05) is 6.61 Å². The summed E-state index contributed by atoms with van der Waals surface area (Å²) in [5.41, 5.74) is 0. The fourth-order valence-electron chi connectivity index (χ4n) is 0.547. The summed E-state index contributed by atoms with van der Waals surface area (Å²) in [6.07, 6.45) is 4.82. The molecule has 1 heterocycles. The molecule has 0 saturated carbocycles. The van der Waals surface area contributed by atoms with Crippen LogP contribution >= 0.6 is 0 Å². The summed E-state index contributed by atoms with van der Waals surface area (Å²) in [4.78, 5) is 13.5. The molecule has 0 amide bonds. The van der Waals surface area contributed by atoms with Gasteiger partial charge in [-0.1, -0.05) is 0 Å². The van der Waals surface area contributed by atoms with E-state index in [1.54, 1.807) is 30.8 Å². The monoisotopic (exact) mass is 136 g/mol. The van der Waals surface area contributed by atoms with Gasteiger partial charge in [0.15, 0.2) is 6.61 Å². The maximum Gasteiger partial charge on any atom is 0.239 e. The zero-order valence-corrected chi connectivity index (χ0v) is 5.28. The van der Waals surface area contributed by atoms with Crippen LogP contribution in [0.5, 0.6) is 5.75 Å². The lowest BCUT2D eigenvalue weighted by Crippen LogP contribution is -1.96. The number of pyridine rings is 1. The van der Waals surface area contributed by atoms with Crippen LogP contribution < -0.4 is 4.74 Å². The molecule has 0 aromatic carbocycles. The van der Waals surface area contributed by atoms with Crippen LogP contribution in [0, 0.1) is 0 Å². The average molecular weight is 136 g/mol. The van der Waals surface area contributed by atoms with E-state index in [1.807, 2.05) is 0 Å². The molecule has 0 fully saturated rings. The maximum atomic E-state index is 9.71. The van der Waals surface area contributed by atoms with Crippen molar-refractivity contribution in [2.24, 2.45) is 0 Å². The van der Waals surface area contributed by atoms with E-state index in [2.05, 4.69) is 4.98 Å². The molecule has 3 nitrogen and oxygen atoms in total. The minimum atomic E-state index is -0.0238. The summed E-state index contributed by atoms with van der Waals surface area (Å²) in [7, 11) is 0. The average Bonchev–Trinajstić information content (AvgIpc) is 2.03. The predicted molar refractivity (Wildman–Crippen MR) is 35.4 cm³/mol. The van der Waals surface area contributed by atoms with Crippen LogP contribution in [-0.4, -0.2) is 17.9 Å². The highest BCUT2D eigenvalue weighted by atomic mass is 16.5. The molecule has 1 aromatic heterocycles. The van der Waals surface area contributed by atoms with Crippen LogP contribution in [0.3, 0.4) is 0 Å². The molecule has 1 aromatic rings. The molecule has 0 unspecified atom stereocenters. The van der Waals surface area contributed by atoms with Crippen molar-refractivity contribution in [3.8, 4) is 5.75 Å². The van der Waals surface area contributed by atoms with E-state index in [1.165, 1.54) is 0 Å². The first kappa shape index (κ1) is 6.74. The molecule has 0 bridgehead atoms. The van der Waals surface area contributed by atoms with Gasteiger partial charge in [0, 0.05) is 12.4 Å². The molecule has 0 N–H and O–H groups in total. The Morgan fingerprint density at radius 2 is 2.20 bits per heavy atom. The lowest BCUT2D eigenvalue weighted by atomic mass is 10.5. The van der Waals surface area contributed by atoms with Crippen molar-refractivity contribution >= 4 is 6.29 Å². The Morgan fingerprint density at radius 1 is 1.50 bits per heavy atom. The van der Waals surface area contributed by atoms with E-state index in [0.29, 0.717) is 5.75 Å². The third-order valence-electron chi connectivity index (χ3n) is 0.947. The second-order valence-corrected chi connectivity index (χ2v) is 1.62. The van der Waals surface area contributed by atoms with Crippen molar-refractivity contribution in [1.29, 1.82) is 0 Å². The van der Waals surface area contributed by atoms with Crippen LogP contribution in [-0.2, 0) is 4.79 Å². The molecule has 10 heavy (non-hydrogen) atoms. The molecule has 0 aliphatic carbocycles. The van der Waals surface area contributed by atoms with E-state index in [9.17, 15) is 4.79 Å². The van der Waals surface area contributed by atoms with E-state index < -0.39 is 0 Å². The lowest BCUT2D eigenvalue weighted by Gasteiger charge is -1.97. The van der Waals surface area contributed by atoms with Crippen LogP contribution in [0.4, 0.5) is 0 Å². The number of ether oxygens (including phenoxy) is 1. The summed E-state index contributed by atoms with van der Waals surface area (Å²) >= 11 is 0. The molecule has 51 valence electrons. The SMILES string of the molecule is O=[C]COc1ccncc1. The Kier molecular flexibility index (Phi) is 2.43. The Morgan fingerprint density at radius 3 is 2.80 bits per heavy atom. The van der Waals surface area contributed by atoms with Gasteiger partial charge in [0.25, 0.3) is 0 Å². The normalized spacial score (nSPS) is 8.80. The Bertz CT molecular complexity index is 198. The first-order chi connectivity index (χ1) is 4.93. The largest absolute Gasteiger partial charge is 0.485 e. The number of nitrogens with zero attached hydrogens (tertiary/aromatic N) is 1. The predicted octanol–water partition coefficient (Wildman–Crippen LogP) is 0.570. The lowest BCUT2D eigenvalue weighted by molar-refractivity contribution is 0.364. The number of hydrogen-bond donors (Lipinski definition) is 0. The molecule has 0 aliphatic heterocycles. The van der Waals surface area contributed by atoms with Crippen LogP contribution in [0.15, 0.2) is 24.5 Å². The molecule has 0 saturated heterocycles. The molecule has 0 atom stereocenters. The van der Waals surface area contributed by atoms with Gasteiger partial charge in [-0.2, -0.15) is 0 Å². The van der Waals surface area contributed by atoms with Crippen LogP contribution in [0.2, 0.25) is 0 Å². The first-order valence-corrected chi connectivity index (χ1v) is 2.81. The van der Waals surface area contributed by atoms with Gasteiger partial charge in [-0.05, 0) is 12.1 Å². The van der Waals surface area contributed by atoms with Crippen molar-refractivity contribution in [1.82, 2.24) is 4.98 Å². The summed E-state index contributed by atoms with van der Waals surface area (Å²) in [5, 5.41) is 0. The zero-order chi connectivity index (χ0) is 7.23. The summed E-state index contributed by atoms with van der Waals surface area (Å²) < 4.78 is 4.89.